The van der Waals surface area contributed by atoms with Crippen molar-refractivity contribution < 1.29 is 0 Å². The molecule has 0 saturated carbocycles. The van der Waals surface area contributed by atoms with Gasteiger partial charge in [0.2, 0.25) is 0 Å². The zero-order valence-electron chi connectivity index (χ0n) is 19.6. The number of hydrogen-bond donors (Lipinski definition) is 0. The molecule has 0 bridgehead atoms. The SMILES string of the molecule is CC(C)[Si](CC(C)(C)[Si](C)(C)CC(C)(C)[Si](C)C)(C(C)C)C(C)C. The molecule has 0 rings (SSSR count). The van der Waals surface area contributed by atoms with Crippen molar-refractivity contribution in [2.24, 2.45) is 0 Å². The van der Waals surface area contributed by atoms with Crippen molar-refractivity contribution in [1.82, 2.24) is 0 Å². The van der Waals surface area contributed by atoms with Crippen LogP contribution in [0.1, 0.15) is 69.2 Å². The maximum Gasteiger partial charge on any atom is 0.0615 e. The highest BCUT2D eigenvalue weighted by atomic mass is 28.3. The second kappa shape index (κ2) is 8.12. The Kier molecular flexibility index (Phi) is 8.34. The van der Waals surface area contributed by atoms with E-state index in [0.717, 1.165) is 16.6 Å². The van der Waals surface area contributed by atoms with Crippen LogP contribution in [0.25, 0.3) is 0 Å². The largest absolute Gasteiger partial charge is 0.0709 e. The molecule has 0 aromatic carbocycles. The highest BCUT2D eigenvalue weighted by Crippen LogP contribution is 2.57. The molecule has 0 aromatic heterocycles. The molecule has 3 heteroatoms. The molecule has 0 aliphatic rings. The first-order valence-electron chi connectivity index (χ1n) is 10.2. The van der Waals surface area contributed by atoms with Gasteiger partial charge in [-0.15, -0.1) is 0 Å². The van der Waals surface area contributed by atoms with Gasteiger partial charge in [-0.1, -0.05) is 124 Å². The van der Waals surface area contributed by atoms with Crippen LogP contribution < -0.4 is 0 Å². The van der Waals surface area contributed by atoms with Crippen molar-refractivity contribution in [1.29, 1.82) is 0 Å². The Morgan fingerprint density at radius 1 is 0.708 bits per heavy atom. The summed E-state index contributed by atoms with van der Waals surface area (Å²) in [6.07, 6.45) is 0. The van der Waals surface area contributed by atoms with Crippen LogP contribution in [0.3, 0.4) is 0 Å². The van der Waals surface area contributed by atoms with E-state index in [2.05, 4.69) is 95.4 Å². The fraction of sp³-hybridized carbons (Fsp3) is 1.00. The van der Waals surface area contributed by atoms with E-state index < -0.39 is 16.1 Å². The lowest BCUT2D eigenvalue weighted by molar-refractivity contribution is 0.634. The molecule has 0 amide bonds. The van der Waals surface area contributed by atoms with Gasteiger partial charge in [0.15, 0.2) is 0 Å². The summed E-state index contributed by atoms with van der Waals surface area (Å²) < 4.78 is 0. The number of hydrogen-bond acceptors (Lipinski definition) is 0. The summed E-state index contributed by atoms with van der Waals surface area (Å²) in [5, 5.41) is 1.10. The van der Waals surface area contributed by atoms with Crippen molar-refractivity contribution >= 4 is 24.9 Å². The van der Waals surface area contributed by atoms with Crippen LogP contribution in [-0.4, -0.2) is 24.9 Å². The zero-order valence-corrected chi connectivity index (χ0v) is 22.6. The summed E-state index contributed by atoms with van der Waals surface area (Å²) in [5.74, 6) is 0. The minimum absolute atomic E-state index is 0.249. The Bertz CT molecular complexity index is 368. The predicted octanol–water partition coefficient (Wildman–Crippen LogP) is 8.69. The van der Waals surface area contributed by atoms with Crippen LogP contribution >= 0.6 is 0 Å². The van der Waals surface area contributed by atoms with Crippen LogP contribution in [0.15, 0.2) is 0 Å². The van der Waals surface area contributed by atoms with Gasteiger partial charge in [0.1, 0.15) is 0 Å². The van der Waals surface area contributed by atoms with Gasteiger partial charge in [0.25, 0.3) is 0 Å². The summed E-state index contributed by atoms with van der Waals surface area (Å²) in [6.45, 7) is 36.0. The van der Waals surface area contributed by atoms with E-state index in [0.29, 0.717) is 10.1 Å². The Balaban J connectivity index is 5.78. The Morgan fingerprint density at radius 2 is 1.04 bits per heavy atom. The first-order chi connectivity index (χ1) is 10.4. The normalized spacial score (nSPS) is 15.2. The third-order valence-electron chi connectivity index (χ3n) is 8.04. The maximum absolute atomic E-state index is 2.69. The molecule has 145 valence electrons. The summed E-state index contributed by atoms with van der Waals surface area (Å²) in [4.78, 5) is 0. The van der Waals surface area contributed by atoms with Crippen LogP contribution in [0.5, 0.6) is 0 Å². The zero-order chi connectivity index (χ0) is 19.7. The molecular formula is C21H49Si3. The van der Waals surface area contributed by atoms with Crippen LogP contribution in [-0.2, 0) is 0 Å². The molecule has 0 aliphatic carbocycles. The van der Waals surface area contributed by atoms with E-state index in [1.165, 1.54) is 12.1 Å². The predicted molar refractivity (Wildman–Crippen MR) is 124 cm³/mol. The van der Waals surface area contributed by atoms with Crippen molar-refractivity contribution in [2.45, 2.75) is 134 Å². The summed E-state index contributed by atoms with van der Waals surface area (Å²) >= 11 is 0. The van der Waals surface area contributed by atoms with Gasteiger partial charge in [-0.2, -0.15) is 0 Å². The van der Waals surface area contributed by atoms with Crippen molar-refractivity contribution in [3.05, 3.63) is 0 Å². The Morgan fingerprint density at radius 3 is 1.29 bits per heavy atom. The highest BCUT2D eigenvalue weighted by Gasteiger charge is 2.51. The quantitative estimate of drug-likeness (QED) is 0.348. The van der Waals surface area contributed by atoms with Gasteiger partial charge >= 0.3 is 0 Å². The molecule has 0 aromatic rings. The van der Waals surface area contributed by atoms with Crippen LogP contribution in [0.2, 0.25) is 65.0 Å². The summed E-state index contributed by atoms with van der Waals surface area (Å²) in [5.41, 5.74) is 2.64. The third-order valence-corrected chi connectivity index (χ3v) is 25.2. The molecule has 0 N–H and O–H groups in total. The third kappa shape index (κ3) is 5.09. The molecule has 0 nitrogen and oxygen atoms in total. The lowest BCUT2D eigenvalue weighted by Crippen LogP contribution is -2.52. The molecule has 24 heavy (non-hydrogen) atoms. The molecule has 0 heterocycles. The summed E-state index contributed by atoms with van der Waals surface area (Å²) in [7, 11) is -2.90. The molecule has 0 unspecified atom stereocenters. The molecule has 0 saturated heterocycles. The molecule has 0 spiro atoms. The lowest BCUT2D eigenvalue weighted by Gasteiger charge is -2.53. The van der Waals surface area contributed by atoms with E-state index in [-0.39, 0.29) is 8.80 Å². The first kappa shape index (κ1) is 24.7. The van der Waals surface area contributed by atoms with Crippen LogP contribution in [0, 0.1) is 0 Å². The van der Waals surface area contributed by atoms with Crippen molar-refractivity contribution in [3.63, 3.8) is 0 Å². The van der Waals surface area contributed by atoms with E-state index >= 15 is 0 Å². The average Bonchev–Trinajstić information content (AvgIpc) is 2.32. The number of rotatable bonds is 9. The van der Waals surface area contributed by atoms with Gasteiger partial charge in [-0.25, -0.2) is 0 Å². The van der Waals surface area contributed by atoms with Crippen molar-refractivity contribution in [2.75, 3.05) is 0 Å². The molecule has 0 fully saturated rings. The topological polar surface area (TPSA) is 0 Å². The van der Waals surface area contributed by atoms with E-state index in [1.54, 1.807) is 0 Å². The lowest BCUT2D eigenvalue weighted by atomic mass is 10.2. The summed E-state index contributed by atoms with van der Waals surface area (Å²) in [6, 6.07) is 3.02. The van der Waals surface area contributed by atoms with E-state index in [1.807, 2.05) is 0 Å². The fourth-order valence-electron chi connectivity index (χ4n) is 5.14. The first-order valence-corrected chi connectivity index (χ1v) is 18.4. The minimum Gasteiger partial charge on any atom is -0.0709 e. The van der Waals surface area contributed by atoms with Gasteiger partial charge in [-0.3, -0.25) is 0 Å². The molecule has 0 atom stereocenters. The Hall–Kier alpha value is 0.651. The minimum atomic E-state index is -1.33. The van der Waals surface area contributed by atoms with Gasteiger partial charge in [0.05, 0.1) is 16.1 Å². The second-order valence-corrected chi connectivity index (χ2v) is 26.5. The molecule has 0 aliphatic heterocycles. The second-order valence-electron chi connectivity index (χ2n) is 11.6. The van der Waals surface area contributed by atoms with Gasteiger partial charge < -0.3 is 0 Å². The smallest absolute Gasteiger partial charge is 0.0615 e. The molecule has 1 radical (unpaired) electrons. The maximum atomic E-state index is 2.69. The standard InChI is InChI=1S/C21H49Si3/c1-17(2)24(18(3)4,19(5)6)16-21(9,10)23(13,14)15-20(7,8)22(11)12/h17-19H,15-16H2,1-14H3. The van der Waals surface area contributed by atoms with E-state index in [9.17, 15) is 0 Å². The van der Waals surface area contributed by atoms with Crippen molar-refractivity contribution in [3.8, 4) is 0 Å². The van der Waals surface area contributed by atoms with Crippen LogP contribution in [0.4, 0.5) is 0 Å². The monoisotopic (exact) mass is 385 g/mol. The highest BCUT2D eigenvalue weighted by molar-refractivity contribution is 6.88. The Labute approximate surface area is 159 Å². The van der Waals surface area contributed by atoms with E-state index in [4.69, 9.17) is 0 Å². The van der Waals surface area contributed by atoms with Gasteiger partial charge in [-0.05, 0) is 10.1 Å². The van der Waals surface area contributed by atoms with Gasteiger partial charge in [0, 0.05) is 8.80 Å². The average molecular weight is 386 g/mol. The fourth-order valence-corrected chi connectivity index (χ4v) is 20.2. The molecular weight excluding hydrogens is 336 g/mol.